The number of fused-ring (bicyclic) bond motifs is 2. The number of carbonyl (C=O) groups excluding carboxylic acids is 3. The molecule has 1 fully saturated rings. The van der Waals surface area contributed by atoms with E-state index in [0.29, 0.717) is 9.80 Å². The molecule has 3 N–H and O–H groups in total. The van der Waals surface area contributed by atoms with Gasteiger partial charge in [0.05, 0.1) is 10.6 Å². The molecule has 1 spiro atoms. The predicted molar refractivity (Wildman–Crippen MR) is 117 cm³/mol. The monoisotopic (exact) mass is 528 g/mol. The number of nitrogens with zero attached hydrogens (tertiary/aromatic N) is 2. The first-order chi connectivity index (χ1) is 16.7. The normalized spacial score (nSPS) is 21.4. The average Bonchev–Trinajstić information content (AvgIpc) is 3.15. The number of sulfone groups is 1. The summed E-state index contributed by atoms with van der Waals surface area (Å²) >= 11 is 0. The van der Waals surface area contributed by atoms with Crippen molar-refractivity contribution in [1.29, 1.82) is 0 Å². The van der Waals surface area contributed by atoms with Crippen LogP contribution in [0.15, 0.2) is 47.4 Å². The molecule has 2 aromatic rings. The number of rotatable bonds is 5. The minimum absolute atomic E-state index is 0.0446. The van der Waals surface area contributed by atoms with E-state index in [-0.39, 0.29) is 21.7 Å². The Hall–Kier alpha value is -3.68. The molecule has 0 bridgehead atoms. The maximum atomic E-state index is 13.5. The quantitative estimate of drug-likeness (QED) is 0.347. The third kappa shape index (κ3) is 4.25. The van der Waals surface area contributed by atoms with Crippen LogP contribution in [0.3, 0.4) is 0 Å². The van der Waals surface area contributed by atoms with Crippen LogP contribution in [0.2, 0.25) is 0 Å². The maximum Gasteiger partial charge on any atom is 0.408 e. The molecule has 4 rings (SSSR count). The minimum atomic E-state index is -4.84. The van der Waals surface area contributed by atoms with Crippen molar-refractivity contribution < 1.29 is 40.4 Å². The van der Waals surface area contributed by atoms with Gasteiger partial charge in [0.2, 0.25) is 5.91 Å². The third-order valence-electron chi connectivity index (χ3n) is 6.20. The Kier molecular flexibility index (Phi) is 5.98. The number of anilines is 1. The Bertz CT molecular complexity index is 1360. The van der Waals surface area contributed by atoms with Crippen molar-refractivity contribution in [2.45, 2.75) is 36.1 Å². The number of imide groups is 1. The van der Waals surface area contributed by atoms with Gasteiger partial charge in [-0.05, 0) is 36.8 Å². The van der Waals surface area contributed by atoms with Gasteiger partial charge in [-0.25, -0.2) is 17.6 Å². The van der Waals surface area contributed by atoms with Gasteiger partial charge in [0.15, 0.2) is 15.4 Å². The van der Waals surface area contributed by atoms with E-state index >= 15 is 0 Å². The second-order valence-electron chi connectivity index (χ2n) is 8.61. The van der Waals surface area contributed by atoms with Crippen molar-refractivity contribution in [3.63, 3.8) is 0 Å². The van der Waals surface area contributed by atoms with E-state index < -0.39 is 70.1 Å². The summed E-state index contributed by atoms with van der Waals surface area (Å²) in [5.74, 6) is -3.76. The molecule has 1 saturated heterocycles. The van der Waals surface area contributed by atoms with Crippen molar-refractivity contribution in [3.8, 4) is 0 Å². The summed E-state index contributed by atoms with van der Waals surface area (Å²) in [7, 11) is -4.04. The fourth-order valence-corrected chi connectivity index (χ4v) is 6.24. The molecule has 36 heavy (non-hydrogen) atoms. The zero-order chi connectivity index (χ0) is 26.6. The van der Waals surface area contributed by atoms with Gasteiger partial charge in [-0.3, -0.25) is 14.5 Å². The largest absolute Gasteiger partial charge is 0.408 e. The zero-order valence-corrected chi connectivity index (χ0v) is 19.5. The van der Waals surface area contributed by atoms with Gasteiger partial charge in [-0.2, -0.15) is 13.2 Å². The van der Waals surface area contributed by atoms with Crippen molar-refractivity contribution in [1.82, 2.24) is 15.1 Å². The average molecular weight is 528 g/mol. The Morgan fingerprint density at radius 1 is 1.19 bits per heavy atom. The van der Waals surface area contributed by atoms with E-state index in [4.69, 9.17) is 5.73 Å². The summed E-state index contributed by atoms with van der Waals surface area (Å²) in [4.78, 5) is 39.6. The lowest BCUT2D eigenvalue weighted by Gasteiger charge is -2.32. The van der Waals surface area contributed by atoms with Crippen LogP contribution in [0.1, 0.15) is 18.1 Å². The molecule has 0 saturated carbocycles. The first-order valence-electron chi connectivity index (χ1n) is 10.5. The predicted octanol–water partition coefficient (Wildman–Crippen LogP) is 1.92. The molecular weight excluding hydrogens is 508 g/mol. The number of nitrogens with two attached hydrogens (primary N) is 1. The van der Waals surface area contributed by atoms with E-state index in [1.807, 2.05) is 0 Å². The summed E-state index contributed by atoms with van der Waals surface area (Å²) in [5, 5.41) is 2.30. The Morgan fingerprint density at radius 3 is 2.44 bits per heavy atom. The van der Waals surface area contributed by atoms with Crippen LogP contribution >= 0.6 is 0 Å². The summed E-state index contributed by atoms with van der Waals surface area (Å²) in [6.45, 7) is -0.914. The van der Waals surface area contributed by atoms with Crippen LogP contribution in [0.5, 0.6) is 0 Å². The number of nitrogens with one attached hydrogen (secondary N) is 1. The van der Waals surface area contributed by atoms with E-state index in [1.165, 1.54) is 24.3 Å². The summed E-state index contributed by atoms with van der Waals surface area (Å²) in [6.07, 6.45) is -4.84. The zero-order valence-electron chi connectivity index (χ0n) is 18.7. The van der Waals surface area contributed by atoms with Crippen LogP contribution in [0.4, 0.5) is 28.0 Å². The second-order valence-corrected chi connectivity index (χ2v) is 10.6. The van der Waals surface area contributed by atoms with Crippen LogP contribution in [0, 0.1) is 5.82 Å². The summed E-state index contributed by atoms with van der Waals surface area (Å²) in [6, 6.07) is 4.75. The third-order valence-corrected chi connectivity index (χ3v) is 8.02. The summed E-state index contributed by atoms with van der Waals surface area (Å²) in [5.41, 5.74) is 3.87. The first-order valence-corrected chi connectivity index (χ1v) is 12.2. The number of nitrogen functional groups attached to an aromatic ring is 1. The van der Waals surface area contributed by atoms with E-state index in [0.717, 1.165) is 25.1 Å². The number of benzene rings is 2. The van der Waals surface area contributed by atoms with Crippen LogP contribution < -0.4 is 11.1 Å². The molecule has 0 aliphatic carbocycles. The van der Waals surface area contributed by atoms with E-state index in [1.54, 1.807) is 0 Å². The topological polar surface area (TPSA) is 130 Å². The smallest absolute Gasteiger partial charge is 0.399 e. The first kappa shape index (κ1) is 25.4. The number of hydrogen-bond donors (Lipinski definition) is 2. The van der Waals surface area contributed by atoms with Gasteiger partial charge in [0, 0.05) is 17.8 Å². The lowest BCUT2D eigenvalue weighted by Crippen LogP contribution is -2.51. The Labute approximate surface area is 202 Å². The Morgan fingerprint density at radius 2 is 1.83 bits per heavy atom. The second kappa shape index (κ2) is 8.47. The van der Waals surface area contributed by atoms with Crippen molar-refractivity contribution in [2.75, 3.05) is 18.0 Å². The molecule has 0 aromatic heterocycles. The fourth-order valence-electron chi connectivity index (χ4n) is 4.27. The number of carbonyl (C=O) groups is 3. The standard InChI is InChI=1S/C22H20F4N4O5S/c1-12(22(24,25)26)29(9-13-2-4-14(23)5-3-13)18(31)10-30-19(32)21(28-20(30)33)11-36(34,35)17-8-15(27)6-7-16(17)21/h2-8,12H,9-11,27H2,1H3,(H,28,33). The number of urea groups is 1. The maximum absolute atomic E-state index is 13.5. The van der Waals surface area contributed by atoms with Gasteiger partial charge >= 0.3 is 12.2 Å². The molecule has 2 aromatic carbocycles. The molecule has 14 heteroatoms. The number of alkyl halides is 3. The Balaban J connectivity index is 1.64. The molecule has 2 aliphatic rings. The van der Waals surface area contributed by atoms with E-state index in [2.05, 4.69) is 5.32 Å². The molecule has 2 atom stereocenters. The fraction of sp³-hybridized carbons (Fsp3) is 0.318. The van der Waals surface area contributed by atoms with Gasteiger partial charge in [0.25, 0.3) is 5.91 Å². The lowest BCUT2D eigenvalue weighted by atomic mass is 9.92. The van der Waals surface area contributed by atoms with Gasteiger partial charge in [-0.1, -0.05) is 18.2 Å². The van der Waals surface area contributed by atoms with E-state index in [9.17, 15) is 40.4 Å². The van der Waals surface area contributed by atoms with Crippen LogP contribution in [-0.4, -0.2) is 60.6 Å². The van der Waals surface area contributed by atoms with Crippen molar-refractivity contribution in [3.05, 3.63) is 59.4 Å². The van der Waals surface area contributed by atoms with Crippen LogP contribution in [-0.2, 0) is 31.5 Å². The molecule has 0 radical (unpaired) electrons. The van der Waals surface area contributed by atoms with Gasteiger partial charge in [-0.15, -0.1) is 0 Å². The van der Waals surface area contributed by atoms with Gasteiger partial charge < -0.3 is 16.0 Å². The molecule has 2 unspecified atom stereocenters. The van der Waals surface area contributed by atoms with Crippen LogP contribution in [0.25, 0.3) is 0 Å². The van der Waals surface area contributed by atoms with Crippen molar-refractivity contribution >= 4 is 33.4 Å². The highest BCUT2D eigenvalue weighted by Crippen LogP contribution is 2.43. The lowest BCUT2D eigenvalue weighted by molar-refractivity contribution is -0.187. The molecular formula is C22H20F4N4O5S. The SMILES string of the molecule is CC(N(Cc1ccc(F)cc1)C(=O)CN1C(=O)NC2(CS(=O)(=O)c3cc(N)ccc32)C1=O)C(F)(F)F. The van der Waals surface area contributed by atoms with Gasteiger partial charge in [0.1, 0.15) is 18.4 Å². The van der Waals surface area contributed by atoms with Crippen molar-refractivity contribution in [2.24, 2.45) is 0 Å². The summed E-state index contributed by atoms with van der Waals surface area (Å²) < 4.78 is 79.2. The highest BCUT2D eigenvalue weighted by Gasteiger charge is 2.60. The molecule has 2 heterocycles. The number of amides is 4. The molecule has 2 aliphatic heterocycles. The highest BCUT2D eigenvalue weighted by molar-refractivity contribution is 7.92. The molecule has 4 amide bonds. The minimum Gasteiger partial charge on any atom is -0.399 e. The molecule has 9 nitrogen and oxygen atoms in total. The number of hydrogen-bond acceptors (Lipinski definition) is 6. The highest BCUT2D eigenvalue weighted by atomic mass is 32.2. The number of halogens is 4. The molecule has 192 valence electrons.